The van der Waals surface area contributed by atoms with E-state index in [2.05, 4.69) is 18.8 Å². The Morgan fingerprint density at radius 2 is 2.05 bits per heavy atom. The molecule has 0 spiro atoms. The molecule has 0 saturated carbocycles. The average Bonchev–Trinajstić information content (AvgIpc) is 2.80. The molecule has 0 bridgehead atoms. The zero-order chi connectivity index (χ0) is 16.3. The summed E-state index contributed by atoms with van der Waals surface area (Å²) >= 11 is 0. The van der Waals surface area contributed by atoms with Crippen LogP contribution in [0.1, 0.15) is 26.1 Å². The second kappa shape index (κ2) is 6.92. The third-order valence-corrected chi connectivity index (χ3v) is 4.22. The van der Waals surface area contributed by atoms with E-state index < -0.39 is 0 Å². The first-order valence-corrected chi connectivity index (χ1v) is 7.81. The lowest BCUT2D eigenvalue weighted by molar-refractivity contribution is -0.130. The van der Waals surface area contributed by atoms with E-state index in [9.17, 15) is 4.79 Å². The molecule has 1 amide bonds. The summed E-state index contributed by atoms with van der Waals surface area (Å²) < 4.78 is 1.97. The van der Waals surface area contributed by atoms with Gasteiger partial charge in [-0.1, -0.05) is 26.0 Å². The fourth-order valence-corrected chi connectivity index (χ4v) is 2.45. The number of fused-ring (bicyclic) bond motifs is 1. The van der Waals surface area contributed by atoms with Gasteiger partial charge < -0.3 is 15.2 Å². The predicted octanol–water partition coefficient (Wildman–Crippen LogP) is 2.18. The lowest BCUT2D eigenvalue weighted by atomic mass is 10.0. The first-order chi connectivity index (χ1) is 10.4. The van der Waals surface area contributed by atoms with E-state index in [1.807, 2.05) is 42.8 Å². The van der Waals surface area contributed by atoms with Crippen molar-refractivity contribution >= 4 is 16.9 Å². The zero-order valence-electron chi connectivity index (χ0n) is 13.9. The molecule has 22 heavy (non-hydrogen) atoms. The van der Waals surface area contributed by atoms with Crippen LogP contribution in [0.5, 0.6) is 0 Å². The van der Waals surface area contributed by atoms with Crippen LogP contribution < -0.4 is 5.73 Å². The van der Waals surface area contributed by atoms with Gasteiger partial charge in [-0.15, -0.1) is 0 Å². The molecule has 2 N–H and O–H groups in total. The molecule has 120 valence electrons. The van der Waals surface area contributed by atoms with Crippen molar-refractivity contribution in [3.63, 3.8) is 0 Å². The van der Waals surface area contributed by atoms with E-state index >= 15 is 0 Å². The van der Waals surface area contributed by atoms with Gasteiger partial charge >= 0.3 is 0 Å². The number of nitrogens with zero attached hydrogens (tertiary/aromatic N) is 3. The Bertz CT molecular complexity index is 647. The number of rotatable bonds is 6. The summed E-state index contributed by atoms with van der Waals surface area (Å²) in [7, 11) is 1.84. The Labute approximate surface area is 132 Å². The van der Waals surface area contributed by atoms with Gasteiger partial charge in [0.1, 0.15) is 12.4 Å². The van der Waals surface area contributed by atoms with Crippen molar-refractivity contribution in [1.82, 2.24) is 14.5 Å². The van der Waals surface area contributed by atoms with Crippen molar-refractivity contribution in [3.8, 4) is 0 Å². The first kappa shape index (κ1) is 16.5. The second-order valence-electron chi connectivity index (χ2n) is 6.25. The molecule has 0 aliphatic heterocycles. The topological polar surface area (TPSA) is 64.2 Å². The molecule has 0 saturated heterocycles. The number of carbonyl (C=O) groups excluding carboxylic acids is 1. The summed E-state index contributed by atoms with van der Waals surface area (Å²) in [6.45, 7) is 7.15. The number of nitrogens with two attached hydrogens (primary N) is 1. The van der Waals surface area contributed by atoms with Gasteiger partial charge in [-0.25, -0.2) is 4.98 Å². The average molecular weight is 302 g/mol. The highest BCUT2D eigenvalue weighted by atomic mass is 16.2. The summed E-state index contributed by atoms with van der Waals surface area (Å²) in [6, 6.07) is 8.02. The van der Waals surface area contributed by atoms with Gasteiger partial charge in [0.2, 0.25) is 5.91 Å². The van der Waals surface area contributed by atoms with Crippen LogP contribution >= 0.6 is 0 Å². The number of benzene rings is 1. The number of likely N-dealkylation sites (N-methyl/N-ethyl adjacent to an activating group) is 1. The van der Waals surface area contributed by atoms with E-state index in [0.29, 0.717) is 19.0 Å². The number of hydrogen-bond donors (Lipinski definition) is 1. The van der Waals surface area contributed by atoms with Crippen LogP contribution in [0.25, 0.3) is 11.0 Å². The molecule has 0 fully saturated rings. The molecule has 0 aliphatic carbocycles. The molecule has 5 heteroatoms. The van der Waals surface area contributed by atoms with E-state index in [4.69, 9.17) is 5.73 Å². The van der Waals surface area contributed by atoms with Gasteiger partial charge in [0.15, 0.2) is 0 Å². The Morgan fingerprint density at radius 1 is 1.36 bits per heavy atom. The molecule has 2 aromatic rings. The monoisotopic (exact) mass is 302 g/mol. The summed E-state index contributed by atoms with van der Waals surface area (Å²) in [5.41, 5.74) is 7.97. The third-order valence-electron chi connectivity index (χ3n) is 4.22. The van der Waals surface area contributed by atoms with Crippen LogP contribution in [0.15, 0.2) is 24.3 Å². The molecule has 1 aromatic carbocycles. The van der Waals surface area contributed by atoms with Gasteiger partial charge in [-0.2, -0.15) is 0 Å². The maximum atomic E-state index is 12.4. The molecule has 1 aromatic heterocycles. The van der Waals surface area contributed by atoms with Crippen molar-refractivity contribution in [2.75, 3.05) is 13.6 Å². The quantitative estimate of drug-likeness (QED) is 0.889. The Balaban J connectivity index is 2.03. The largest absolute Gasteiger partial charge is 0.344 e. The van der Waals surface area contributed by atoms with Crippen molar-refractivity contribution in [3.05, 3.63) is 30.1 Å². The molecule has 1 atom stereocenters. The molecule has 1 heterocycles. The molecular formula is C17H26N4O. The van der Waals surface area contributed by atoms with Crippen LogP contribution in [0.3, 0.4) is 0 Å². The van der Waals surface area contributed by atoms with Gasteiger partial charge in [0.05, 0.1) is 11.0 Å². The third kappa shape index (κ3) is 3.65. The van der Waals surface area contributed by atoms with E-state index in [0.717, 1.165) is 23.3 Å². The molecular weight excluding hydrogens is 276 g/mol. The lowest BCUT2D eigenvalue weighted by Gasteiger charge is -2.22. The Hall–Kier alpha value is -1.88. The van der Waals surface area contributed by atoms with E-state index in [-0.39, 0.29) is 11.9 Å². The van der Waals surface area contributed by atoms with E-state index in [1.165, 1.54) is 0 Å². The van der Waals surface area contributed by atoms with Crippen LogP contribution in [-0.2, 0) is 11.3 Å². The van der Waals surface area contributed by atoms with Crippen molar-refractivity contribution in [1.29, 1.82) is 0 Å². The highest BCUT2D eigenvalue weighted by Crippen LogP contribution is 2.15. The highest BCUT2D eigenvalue weighted by molar-refractivity contribution is 5.81. The molecule has 0 aliphatic rings. The fourth-order valence-electron chi connectivity index (χ4n) is 2.45. The van der Waals surface area contributed by atoms with Crippen molar-refractivity contribution < 1.29 is 4.79 Å². The number of imidazole rings is 1. The number of amides is 1. The minimum absolute atomic E-state index is 0.0854. The first-order valence-electron chi connectivity index (χ1n) is 7.81. The summed E-state index contributed by atoms with van der Waals surface area (Å²) in [6.07, 6.45) is 0.823. The number of hydrogen-bond acceptors (Lipinski definition) is 3. The zero-order valence-corrected chi connectivity index (χ0v) is 13.9. The van der Waals surface area contributed by atoms with Gasteiger partial charge in [0, 0.05) is 19.6 Å². The molecule has 0 radical (unpaired) electrons. The molecule has 5 nitrogen and oxygen atoms in total. The SMILES string of the molecule is Cc1nc2ccccc2n1CC(=O)N(C)CCC(N)C(C)C. The number of carbonyl (C=O) groups is 1. The van der Waals surface area contributed by atoms with E-state index in [1.54, 1.807) is 4.90 Å². The summed E-state index contributed by atoms with van der Waals surface area (Å²) in [5, 5.41) is 0. The highest BCUT2D eigenvalue weighted by Gasteiger charge is 2.15. The maximum Gasteiger partial charge on any atom is 0.242 e. The van der Waals surface area contributed by atoms with Crippen molar-refractivity contribution in [2.45, 2.75) is 39.8 Å². The number of para-hydroxylation sites is 2. The summed E-state index contributed by atoms with van der Waals surface area (Å²) in [5.74, 6) is 1.38. The summed E-state index contributed by atoms with van der Waals surface area (Å²) in [4.78, 5) is 18.7. The van der Waals surface area contributed by atoms with Crippen LogP contribution in [0.4, 0.5) is 0 Å². The van der Waals surface area contributed by atoms with Gasteiger partial charge in [-0.05, 0) is 31.4 Å². The second-order valence-corrected chi connectivity index (χ2v) is 6.25. The fraction of sp³-hybridized carbons (Fsp3) is 0.529. The molecule has 2 rings (SSSR count). The molecule has 1 unspecified atom stereocenters. The van der Waals surface area contributed by atoms with Gasteiger partial charge in [0.25, 0.3) is 0 Å². The lowest BCUT2D eigenvalue weighted by Crippen LogP contribution is -2.36. The minimum Gasteiger partial charge on any atom is -0.344 e. The van der Waals surface area contributed by atoms with Gasteiger partial charge in [-0.3, -0.25) is 4.79 Å². The van der Waals surface area contributed by atoms with Crippen LogP contribution in [0, 0.1) is 12.8 Å². The minimum atomic E-state index is 0.0854. The normalized spacial score (nSPS) is 12.8. The number of aromatic nitrogens is 2. The van der Waals surface area contributed by atoms with Crippen LogP contribution in [-0.4, -0.2) is 40.0 Å². The standard InChI is InChI=1S/C17H26N4O/c1-12(2)14(18)9-10-20(4)17(22)11-21-13(3)19-15-7-5-6-8-16(15)21/h5-8,12,14H,9-11,18H2,1-4H3. The smallest absolute Gasteiger partial charge is 0.242 e. The predicted molar refractivity (Wildman–Crippen MR) is 89.5 cm³/mol. The Morgan fingerprint density at radius 3 is 2.73 bits per heavy atom. The Kier molecular flexibility index (Phi) is 5.19. The maximum absolute atomic E-state index is 12.4. The van der Waals surface area contributed by atoms with Crippen LogP contribution in [0.2, 0.25) is 0 Å². The number of aryl methyl sites for hydroxylation is 1. The van der Waals surface area contributed by atoms with Crippen molar-refractivity contribution in [2.24, 2.45) is 11.7 Å².